The van der Waals surface area contributed by atoms with Crippen molar-refractivity contribution in [3.8, 4) is 0 Å². The third-order valence-electron chi connectivity index (χ3n) is 2.63. The highest BCUT2D eigenvalue weighted by atomic mass is 127. The van der Waals surface area contributed by atoms with Crippen molar-refractivity contribution < 1.29 is 0 Å². The quantitative estimate of drug-likeness (QED) is 0.426. The topological polar surface area (TPSA) is 55.9 Å². The molecule has 0 amide bonds. The number of aryl methyl sites for hydroxylation is 1. The Hall–Kier alpha value is 0.0400. The van der Waals surface area contributed by atoms with Crippen molar-refractivity contribution in [2.75, 3.05) is 0 Å². The van der Waals surface area contributed by atoms with Crippen LogP contribution in [0.25, 0.3) is 0 Å². The van der Waals surface area contributed by atoms with Crippen LogP contribution in [0.4, 0.5) is 0 Å². The van der Waals surface area contributed by atoms with Crippen LogP contribution in [0.3, 0.4) is 0 Å². The number of nitrogens with two attached hydrogens (primary N) is 1. The van der Waals surface area contributed by atoms with E-state index in [0.717, 1.165) is 23.1 Å². The molecule has 4 nitrogen and oxygen atoms in total. The molecule has 2 aromatic rings. The van der Waals surface area contributed by atoms with Gasteiger partial charge in [0.1, 0.15) is 0 Å². The highest BCUT2D eigenvalue weighted by molar-refractivity contribution is 14.1. The molecule has 2 aromatic heterocycles. The largest absolute Gasteiger partial charge is 0.271 e. The molecule has 0 bridgehead atoms. The van der Waals surface area contributed by atoms with Crippen LogP contribution in [0, 0.1) is 2.88 Å². The predicted molar refractivity (Wildman–Crippen MR) is 86.4 cm³/mol. The van der Waals surface area contributed by atoms with E-state index in [1.807, 2.05) is 10.9 Å². The highest BCUT2D eigenvalue weighted by Crippen LogP contribution is 2.31. The van der Waals surface area contributed by atoms with Gasteiger partial charge in [-0.2, -0.15) is 5.10 Å². The molecule has 0 aromatic carbocycles. The van der Waals surface area contributed by atoms with Crippen LogP contribution in [0.1, 0.15) is 30.6 Å². The SMILES string of the molecule is CCCn1ncc(Br)c1C(NN)c1csc(I)c1. The highest BCUT2D eigenvalue weighted by Gasteiger charge is 2.21. The molecule has 18 heavy (non-hydrogen) atoms. The molecule has 0 aliphatic rings. The Morgan fingerprint density at radius 2 is 2.44 bits per heavy atom. The molecular formula is C11H14BrIN4S. The first-order chi connectivity index (χ1) is 8.67. The molecule has 2 heterocycles. The van der Waals surface area contributed by atoms with Gasteiger partial charge in [0.05, 0.1) is 25.3 Å². The second-order valence-electron chi connectivity index (χ2n) is 3.88. The Morgan fingerprint density at radius 1 is 1.67 bits per heavy atom. The van der Waals surface area contributed by atoms with Crippen LogP contribution >= 0.6 is 49.9 Å². The van der Waals surface area contributed by atoms with Gasteiger partial charge >= 0.3 is 0 Å². The normalized spacial score (nSPS) is 12.9. The monoisotopic (exact) mass is 440 g/mol. The average molecular weight is 441 g/mol. The van der Waals surface area contributed by atoms with Gasteiger partial charge in [-0.25, -0.2) is 5.43 Å². The number of nitrogens with one attached hydrogen (secondary N) is 1. The third-order valence-corrected chi connectivity index (χ3v) is 5.05. The first kappa shape index (κ1) is 14.4. The lowest BCUT2D eigenvalue weighted by molar-refractivity contribution is 0.520. The Bertz CT molecular complexity index is 525. The van der Waals surface area contributed by atoms with E-state index in [1.165, 1.54) is 8.45 Å². The maximum Gasteiger partial charge on any atom is 0.0898 e. The fraction of sp³-hybridized carbons (Fsp3) is 0.364. The van der Waals surface area contributed by atoms with Gasteiger partial charge in [0.15, 0.2) is 0 Å². The van der Waals surface area contributed by atoms with Crippen molar-refractivity contribution in [3.63, 3.8) is 0 Å². The second-order valence-corrected chi connectivity index (χ2v) is 7.54. The van der Waals surface area contributed by atoms with Gasteiger partial charge in [0.2, 0.25) is 0 Å². The minimum Gasteiger partial charge on any atom is -0.271 e. The predicted octanol–water partition coefficient (Wildman–Crippen LogP) is 3.27. The van der Waals surface area contributed by atoms with E-state index >= 15 is 0 Å². The first-order valence-electron chi connectivity index (χ1n) is 5.58. The first-order valence-corrected chi connectivity index (χ1v) is 8.33. The number of hydrogen-bond acceptors (Lipinski definition) is 4. The zero-order valence-electron chi connectivity index (χ0n) is 9.86. The molecule has 0 aliphatic carbocycles. The van der Waals surface area contributed by atoms with Crippen LogP contribution in [0.5, 0.6) is 0 Å². The summed E-state index contributed by atoms with van der Waals surface area (Å²) < 4.78 is 4.24. The van der Waals surface area contributed by atoms with Gasteiger partial charge in [-0.1, -0.05) is 6.92 Å². The summed E-state index contributed by atoms with van der Waals surface area (Å²) in [6.45, 7) is 3.03. The Kier molecular flexibility index (Phi) is 5.19. The number of nitrogens with zero attached hydrogens (tertiary/aromatic N) is 2. The van der Waals surface area contributed by atoms with E-state index in [0.29, 0.717) is 0 Å². The molecular weight excluding hydrogens is 427 g/mol. The van der Waals surface area contributed by atoms with E-state index in [1.54, 1.807) is 11.3 Å². The minimum atomic E-state index is -0.0341. The maximum absolute atomic E-state index is 5.73. The lowest BCUT2D eigenvalue weighted by Gasteiger charge is -2.17. The molecule has 1 atom stereocenters. The lowest BCUT2D eigenvalue weighted by atomic mass is 10.1. The van der Waals surface area contributed by atoms with E-state index in [4.69, 9.17) is 5.84 Å². The standard InChI is InChI=1S/C11H14BrIN4S/c1-2-3-17-11(8(12)5-15-17)10(16-14)7-4-9(13)18-6-7/h4-6,10,16H,2-3,14H2,1H3. The summed E-state index contributed by atoms with van der Waals surface area (Å²) in [5, 5.41) is 6.51. The Balaban J connectivity index is 2.41. The third kappa shape index (κ3) is 2.96. The van der Waals surface area contributed by atoms with Gasteiger partial charge in [-0.05, 0) is 62.0 Å². The van der Waals surface area contributed by atoms with E-state index < -0.39 is 0 Å². The summed E-state index contributed by atoms with van der Waals surface area (Å²) in [5.41, 5.74) is 5.14. The van der Waals surface area contributed by atoms with Crippen molar-refractivity contribution in [2.24, 2.45) is 5.84 Å². The average Bonchev–Trinajstić information content (AvgIpc) is 2.91. The van der Waals surface area contributed by atoms with Gasteiger partial charge in [-0.15, -0.1) is 11.3 Å². The number of hydrazine groups is 1. The molecule has 0 radical (unpaired) electrons. The molecule has 0 saturated carbocycles. The minimum absolute atomic E-state index is 0.0341. The molecule has 0 saturated heterocycles. The Morgan fingerprint density at radius 3 is 3.00 bits per heavy atom. The van der Waals surface area contributed by atoms with E-state index in [-0.39, 0.29) is 6.04 Å². The van der Waals surface area contributed by atoms with Crippen molar-refractivity contribution in [3.05, 3.63) is 36.3 Å². The van der Waals surface area contributed by atoms with Crippen molar-refractivity contribution in [2.45, 2.75) is 25.9 Å². The molecule has 2 rings (SSSR count). The Labute approximate surface area is 132 Å². The van der Waals surface area contributed by atoms with Crippen molar-refractivity contribution in [1.29, 1.82) is 0 Å². The maximum atomic E-state index is 5.73. The zero-order valence-corrected chi connectivity index (χ0v) is 14.4. The molecule has 3 N–H and O–H groups in total. The number of halogens is 2. The summed E-state index contributed by atoms with van der Waals surface area (Å²) >= 11 is 7.59. The number of aromatic nitrogens is 2. The fourth-order valence-corrected chi connectivity index (χ4v) is 3.78. The van der Waals surface area contributed by atoms with Crippen LogP contribution in [0.15, 0.2) is 22.1 Å². The summed E-state index contributed by atoms with van der Waals surface area (Å²) in [7, 11) is 0. The number of rotatable bonds is 5. The van der Waals surface area contributed by atoms with Crippen molar-refractivity contribution >= 4 is 49.9 Å². The van der Waals surface area contributed by atoms with Crippen LogP contribution in [-0.4, -0.2) is 9.78 Å². The molecule has 7 heteroatoms. The second kappa shape index (κ2) is 6.47. The molecule has 98 valence electrons. The molecule has 0 aliphatic heterocycles. The van der Waals surface area contributed by atoms with Gasteiger partial charge in [-0.3, -0.25) is 10.5 Å². The fourth-order valence-electron chi connectivity index (χ4n) is 1.86. The van der Waals surface area contributed by atoms with Gasteiger partial charge < -0.3 is 0 Å². The zero-order chi connectivity index (χ0) is 13.1. The summed E-state index contributed by atoms with van der Waals surface area (Å²) in [4.78, 5) is 0. The summed E-state index contributed by atoms with van der Waals surface area (Å²) in [6, 6.07) is 2.11. The van der Waals surface area contributed by atoms with Crippen LogP contribution in [-0.2, 0) is 6.54 Å². The van der Waals surface area contributed by atoms with Crippen molar-refractivity contribution in [1.82, 2.24) is 15.2 Å². The van der Waals surface area contributed by atoms with Crippen LogP contribution < -0.4 is 11.3 Å². The van der Waals surface area contributed by atoms with Gasteiger partial charge in [0, 0.05) is 6.54 Å². The van der Waals surface area contributed by atoms with Crippen LogP contribution in [0.2, 0.25) is 0 Å². The molecule has 1 unspecified atom stereocenters. The molecule has 0 spiro atoms. The van der Waals surface area contributed by atoms with Gasteiger partial charge in [0.25, 0.3) is 0 Å². The molecule has 0 fully saturated rings. The van der Waals surface area contributed by atoms with E-state index in [2.05, 4.69) is 67.4 Å². The smallest absolute Gasteiger partial charge is 0.0898 e. The lowest BCUT2D eigenvalue weighted by Crippen LogP contribution is -2.30. The summed E-state index contributed by atoms with van der Waals surface area (Å²) in [6.07, 6.45) is 2.87. The number of thiophene rings is 1. The van der Waals surface area contributed by atoms with E-state index in [9.17, 15) is 0 Å². The number of hydrogen-bond donors (Lipinski definition) is 2. The summed E-state index contributed by atoms with van der Waals surface area (Å²) in [5.74, 6) is 5.73.